The lowest BCUT2D eigenvalue weighted by Gasteiger charge is -2.33. The fourth-order valence-electron chi connectivity index (χ4n) is 5.08. The first-order chi connectivity index (χ1) is 19.0. The molecule has 1 atom stereocenters. The van der Waals surface area contributed by atoms with Gasteiger partial charge in [-0.3, -0.25) is 9.59 Å². The molecule has 1 N–H and O–H groups in total. The van der Waals surface area contributed by atoms with E-state index in [-0.39, 0.29) is 17.9 Å². The summed E-state index contributed by atoms with van der Waals surface area (Å²) in [7, 11) is 0. The zero-order valence-corrected chi connectivity index (χ0v) is 23.5. The van der Waals surface area contributed by atoms with Crippen molar-refractivity contribution >= 4 is 23.4 Å². The molecule has 1 fully saturated rings. The number of benzene rings is 3. The van der Waals surface area contributed by atoms with Crippen LogP contribution in [0.2, 0.25) is 5.02 Å². The molecule has 0 spiro atoms. The van der Waals surface area contributed by atoms with Crippen LogP contribution in [0.25, 0.3) is 0 Å². The molecule has 0 radical (unpaired) electrons. The number of halogens is 1. The minimum Gasteiger partial charge on any atom is -0.494 e. The van der Waals surface area contributed by atoms with E-state index in [2.05, 4.69) is 5.32 Å². The Balaban J connectivity index is 1.51. The Morgan fingerprint density at radius 2 is 1.62 bits per heavy atom. The number of hydrogen-bond donors (Lipinski definition) is 1. The van der Waals surface area contributed by atoms with E-state index in [0.29, 0.717) is 37.4 Å². The molecule has 5 nitrogen and oxygen atoms in total. The molecular formula is C33H39ClN2O3. The Kier molecular flexibility index (Phi) is 10.8. The quantitative estimate of drug-likeness (QED) is 0.251. The van der Waals surface area contributed by atoms with Gasteiger partial charge in [-0.25, -0.2) is 0 Å². The number of carbonyl (C=O) groups excluding carboxylic acids is 2. The zero-order valence-electron chi connectivity index (χ0n) is 22.8. The van der Waals surface area contributed by atoms with E-state index in [0.717, 1.165) is 48.1 Å². The molecule has 39 heavy (non-hydrogen) atoms. The fourth-order valence-corrected chi connectivity index (χ4v) is 5.20. The average molecular weight is 547 g/mol. The van der Waals surface area contributed by atoms with E-state index in [4.69, 9.17) is 16.3 Å². The lowest BCUT2D eigenvalue weighted by Crippen LogP contribution is -2.52. The van der Waals surface area contributed by atoms with Gasteiger partial charge in [0.2, 0.25) is 11.8 Å². The van der Waals surface area contributed by atoms with Crippen LogP contribution in [-0.2, 0) is 22.6 Å². The maximum atomic E-state index is 13.8. The van der Waals surface area contributed by atoms with Crippen molar-refractivity contribution in [2.75, 3.05) is 6.61 Å². The second kappa shape index (κ2) is 14.7. The Hall–Kier alpha value is -3.31. The van der Waals surface area contributed by atoms with Gasteiger partial charge in [0.05, 0.1) is 6.61 Å². The van der Waals surface area contributed by atoms with Gasteiger partial charge in [0, 0.05) is 30.5 Å². The highest BCUT2D eigenvalue weighted by Gasteiger charge is 2.31. The van der Waals surface area contributed by atoms with Gasteiger partial charge in [0.1, 0.15) is 11.8 Å². The summed E-state index contributed by atoms with van der Waals surface area (Å²) in [5, 5.41) is 3.95. The number of ether oxygens (including phenoxy) is 1. The molecule has 0 unspecified atom stereocenters. The van der Waals surface area contributed by atoms with Crippen molar-refractivity contribution in [2.45, 2.75) is 76.9 Å². The van der Waals surface area contributed by atoms with Crippen molar-refractivity contribution < 1.29 is 14.3 Å². The van der Waals surface area contributed by atoms with Crippen LogP contribution in [0.4, 0.5) is 0 Å². The second-order valence-corrected chi connectivity index (χ2v) is 10.9. The number of aryl methyl sites for hydroxylation is 1. The SMILES string of the molecule is Cc1ccc(CN(C(=O)CCCOc2ccc(Cl)cc2)[C@H](Cc2ccccc2)C(=O)NC2CCCCC2)cc1. The van der Waals surface area contributed by atoms with E-state index in [1.54, 1.807) is 17.0 Å². The molecule has 0 aromatic heterocycles. The number of rotatable bonds is 12. The van der Waals surface area contributed by atoms with Crippen molar-refractivity contribution in [3.8, 4) is 5.75 Å². The van der Waals surface area contributed by atoms with Crippen molar-refractivity contribution in [3.05, 3.63) is 101 Å². The van der Waals surface area contributed by atoms with Crippen LogP contribution >= 0.6 is 11.6 Å². The van der Waals surface area contributed by atoms with Crippen LogP contribution in [0.1, 0.15) is 61.6 Å². The van der Waals surface area contributed by atoms with Gasteiger partial charge < -0.3 is 15.0 Å². The molecule has 0 heterocycles. The van der Waals surface area contributed by atoms with E-state index < -0.39 is 6.04 Å². The first kappa shape index (κ1) is 28.7. The molecule has 2 amide bonds. The normalized spacial score (nSPS) is 14.4. The first-order valence-electron chi connectivity index (χ1n) is 14.1. The lowest BCUT2D eigenvalue weighted by atomic mass is 9.94. The number of carbonyl (C=O) groups is 2. The third kappa shape index (κ3) is 9.14. The van der Waals surface area contributed by atoms with Crippen molar-refractivity contribution in [3.63, 3.8) is 0 Å². The van der Waals surface area contributed by atoms with Crippen molar-refractivity contribution in [1.82, 2.24) is 10.2 Å². The summed E-state index contributed by atoms with van der Waals surface area (Å²) in [5.74, 6) is 0.607. The van der Waals surface area contributed by atoms with Gasteiger partial charge in [-0.2, -0.15) is 0 Å². The smallest absolute Gasteiger partial charge is 0.243 e. The van der Waals surface area contributed by atoms with Crippen molar-refractivity contribution in [1.29, 1.82) is 0 Å². The van der Waals surface area contributed by atoms with Crippen LogP contribution in [-0.4, -0.2) is 35.4 Å². The van der Waals surface area contributed by atoms with Gasteiger partial charge in [-0.15, -0.1) is 0 Å². The van der Waals surface area contributed by atoms with Gasteiger partial charge in [-0.1, -0.05) is 91.0 Å². The molecule has 1 saturated carbocycles. The monoisotopic (exact) mass is 546 g/mol. The van der Waals surface area contributed by atoms with Crippen molar-refractivity contribution in [2.24, 2.45) is 0 Å². The summed E-state index contributed by atoms with van der Waals surface area (Å²) in [4.78, 5) is 29.4. The van der Waals surface area contributed by atoms with Crippen LogP contribution in [0, 0.1) is 6.92 Å². The first-order valence-corrected chi connectivity index (χ1v) is 14.4. The molecule has 3 aromatic rings. The summed E-state index contributed by atoms with van der Waals surface area (Å²) in [6, 6.07) is 24.9. The molecular weight excluding hydrogens is 508 g/mol. The molecule has 6 heteroatoms. The third-order valence-corrected chi connectivity index (χ3v) is 7.57. The Bertz CT molecular complexity index is 1180. The molecule has 4 rings (SSSR count). The molecule has 0 bridgehead atoms. The van der Waals surface area contributed by atoms with Crippen LogP contribution in [0.15, 0.2) is 78.9 Å². The second-order valence-electron chi connectivity index (χ2n) is 10.5. The summed E-state index contributed by atoms with van der Waals surface area (Å²) in [6.45, 7) is 2.83. The largest absolute Gasteiger partial charge is 0.494 e. The van der Waals surface area contributed by atoms with Gasteiger partial charge >= 0.3 is 0 Å². The van der Waals surface area contributed by atoms with E-state index in [9.17, 15) is 9.59 Å². The highest BCUT2D eigenvalue weighted by atomic mass is 35.5. The number of hydrogen-bond acceptors (Lipinski definition) is 3. The standard InChI is InChI=1S/C33H39ClN2O3/c1-25-14-16-27(17-15-25)24-36(32(37)13-8-22-39-30-20-18-28(34)19-21-30)31(23-26-9-4-2-5-10-26)33(38)35-29-11-6-3-7-12-29/h2,4-5,9-10,14-21,29,31H,3,6-8,11-13,22-24H2,1H3,(H,35,38)/t31-/m1/s1. The summed E-state index contributed by atoms with van der Waals surface area (Å²) in [6.07, 6.45) is 6.79. The molecule has 0 aliphatic heterocycles. The Morgan fingerprint density at radius 3 is 2.31 bits per heavy atom. The molecule has 1 aliphatic rings. The average Bonchev–Trinajstić information content (AvgIpc) is 2.96. The summed E-state index contributed by atoms with van der Waals surface area (Å²) >= 11 is 5.96. The van der Waals surface area contributed by atoms with Gasteiger partial charge in [-0.05, 0) is 61.6 Å². The maximum Gasteiger partial charge on any atom is 0.243 e. The zero-order chi connectivity index (χ0) is 27.5. The molecule has 0 saturated heterocycles. The summed E-state index contributed by atoms with van der Waals surface area (Å²) in [5.41, 5.74) is 3.20. The van der Waals surface area contributed by atoms with Crippen LogP contribution in [0.3, 0.4) is 0 Å². The van der Waals surface area contributed by atoms with Crippen LogP contribution < -0.4 is 10.1 Å². The minimum absolute atomic E-state index is 0.0463. The van der Waals surface area contributed by atoms with Gasteiger partial charge in [0.15, 0.2) is 0 Å². The summed E-state index contributed by atoms with van der Waals surface area (Å²) < 4.78 is 5.82. The molecule has 3 aromatic carbocycles. The lowest BCUT2D eigenvalue weighted by molar-refractivity contribution is -0.141. The van der Waals surface area contributed by atoms with E-state index in [1.165, 1.54) is 6.42 Å². The van der Waals surface area contributed by atoms with E-state index >= 15 is 0 Å². The van der Waals surface area contributed by atoms with Gasteiger partial charge in [0.25, 0.3) is 0 Å². The maximum absolute atomic E-state index is 13.8. The minimum atomic E-state index is -0.597. The molecule has 1 aliphatic carbocycles. The highest BCUT2D eigenvalue weighted by molar-refractivity contribution is 6.30. The highest BCUT2D eigenvalue weighted by Crippen LogP contribution is 2.21. The number of nitrogens with one attached hydrogen (secondary N) is 1. The fraction of sp³-hybridized carbons (Fsp3) is 0.394. The Morgan fingerprint density at radius 1 is 0.923 bits per heavy atom. The number of nitrogens with zero attached hydrogens (tertiary/aromatic N) is 1. The Labute approximate surface area is 237 Å². The van der Waals surface area contributed by atoms with Crippen LogP contribution in [0.5, 0.6) is 5.75 Å². The third-order valence-electron chi connectivity index (χ3n) is 7.31. The van der Waals surface area contributed by atoms with E-state index in [1.807, 2.05) is 73.7 Å². The predicted octanol–water partition coefficient (Wildman–Crippen LogP) is 6.90. The predicted molar refractivity (Wildman–Crippen MR) is 157 cm³/mol. The topological polar surface area (TPSA) is 58.6 Å². The number of amides is 2. The molecule has 206 valence electrons.